The van der Waals surface area contributed by atoms with Crippen LogP contribution in [-0.2, 0) is 9.53 Å². The van der Waals surface area contributed by atoms with Gasteiger partial charge in [-0.1, -0.05) is 66.6 Å². The number of hydrogen-bond acceptors (Lipinski definition) is 5. The molecule has 0 aliphatic carbocycles. The summed E-state index contributed by atoms with van der Waals surface area (Å²) in [5, 5.41) is 1.78. The fourth-order valence-electron chi connectivity index (χ4n) is 4.41. The summed E-state index contributed by atoms with van der Waals surface area (Å²) in [6.45, 7) is 5.45. The monoisotopic (exact) mass is 587 g/mol. The van der Waals surface area contributed by atoms with Crippen LogP contribution in [0.4, 0.5) is 23.2 Å². The standard InChI is InChI=1S/C33H25F4N3O3/c1-4-26(32(41)40-31-27(36)22(34)16-23(35)28(31)37)43-33(42)21-13-14-24-25(15-21)39-30(20-11-7-18(3)8-12-20)29(38-24)19-9-5-17(2)6-10-19/h5-16,26H,4H2,1-3H3,(H,40,41). The number of nitrogens with zero attached hydrogens (tertiary/aromatic N) is 2. The van der Waals surface area contributed by atoms with E-state index in [2.05, 4.69) is 0 Å². The molecule has 1 N–H and O–H groups in total. The third-order valence-corrected chi connectivity index (χ3v) is 6.82. The van der Waals surface area contributed by atoms with Crippen molar-refractivity contribution in [2.75, 3.05) is 5.32 Å². The Hall–Kier alpha value is -5.12. The number of carbonyl (C=O) groups excluding carboxylic acids is 2. The van der Waals surface area contributed by atoms with E-state index in [1.54, 1.807) is 11.4 Å². The predicted octanol–water partition coefficient (Wildman–Crippen LogP) is 7.71. The number of carbonyl (C=O) groups is 2. The van der Waals surface area contributed by atoms with Gasteiger partial charge in [0.25, 0.3) is 5.91 Å². The van der Waals surface area contributed by atoms with Gasteiger partial charge in [-0.25, -0.2) is 32.3 Å². The van der Waals surface area contributed by atoms with Crippen LogP contribution in [0.3, 0.4) is 0 Å². The van der Waals surface area contributed by atoms with Gasteiger partial charge in [0.15, 0.2) is 29.4 Å². The normalized spacial score (nSPS) is 11.8. The molecule has 0 aliphatic heterocycles. The smallest absolute Gasteiger partial charge is 0.338 e. The molecule has 5 rings (SSSR count). The zero-order chi connectivity index (χ0) is 30.8. The van der Waals surface area contributed by atoms with E-state index in [9.17, 15) is 27.2 Å². The molecule has 10 heteroatoms. The zero-order valence-electron chi connectivity index (χ0n) is 23.3. The van der Waals surface area contributed by atoms with Crippen molar-refractivity contribution in [3.63, 3.8) is 0 Å². The Labute approximate surface area is 244 Å². The summed E-state index contributed by atoms with van der Waals surface area (Å²) in [5.74, 6) is -9.02. The summed E-state index contributed by atoms with van der Waals surface area (Å²) >= 11 is 0. The molecule has 6 nitrogen and oxygen atoms in total. The van der Waals surface area contributed by atoms with E-state index in [4.69, 9.17) is 14.7 Å². The van der Waals surface area contributed by atoms with Crippen molar-refractivity contribution in [1.29, 1.82) is 0 Å². The van der Waals surface area contributed by atoms with E-state index < -0.39 is 46.9 Å². The maximum absolute atomic E-state index is 14.1. The molecule has 0 saturated carbocycles. The van der Waals surface area contributed by atoms with Crippen LogP contribution in [0.2, 0.25) is 0 Å². The van der Waals surface area contributed by atoms with E-state index in [0.717, 1.165) is 22.3 Å². The lowest BCUT2D eigenvalue weighted by Crippen LogP contribution is -2.33. The van der Waals surface area contributed by atoms with Crippen molar-refractivity contribution >= 4 is 28.6 Å². The van der Waals surface area contributed by atoms with Gasteiger partial charge < -0.3 is 10.1 Å². The molecule has 1 unspecified atom stereocenters. The molecule has 0 bridgehead atoms. The molecular weight excluding hydrogens is 562 g/mol. The summed E-state index contributed by atoms with van der Waals surface area (Å²) in [6, 6.07) is 20.2. The first kappa shape index (κ1) is 29.4. The number of aryl methyl sites for hydroxylation is 2. The maximum atomic E-state index is 14.1. The van der Waals surface area contributed by atoms with Crippen LogP contribution in [0.25, 0.3) is 33.5 Å². The van der Waals surface area contributed by atoms with Crippen LogP contribution in [0, 0.1) is 37.1 Å². The number of esters is 1. The second-order valence-electron chi connectivity index (χ2n) is 9.99. The van der Waals surface area contributed by atoms with E-state index >= 15 is 0 Å². The summed E-state index contributed by atoms with van der Waals surface area (Å²) in [6.07, 6.45) is -1.62. The Balaban J connectivity index is 1.46. The lowest BCUT2D eigenvalue weighted by molar-refractivity contribution is -0.124. The lowest BCUT2D eigenvalue weighted by atomic mass is 10.0. The summed E-state index contributed by atoms with van der Waals surface area (Å²) in [7, 11) is 0. The van der Waals surface area contributed by atoms with Crippen molar-refractivity contribution in [3.05, 3.63) is 113 Å². The molecule has 0 fully saturated rings. The van der Waals surface area contributed by atoms with Crippen LogP contribution in [-0.4, -0.2) is 27.9 Å². The molecule has 0 spiro atoms. The first-order valence-electron chi connectivity index (χ1n) is 13.4. The quantitative estimate of drug-likeness (QED) is 0.120. The van der Waals surface area contributed by atoms with Crippen LogP contribution >= 0.6 is 0 Å². The minimum Gasteiger partial charge on any atom is -0.449 e. The third-order valence-electron chi connectivity index (χ3n) is 6.82. The summed E-state index contributed by atoms with van der Waals surface area (Å²) < 4.78 is 60.6. The molecule has 43 heavy (non-hydrogen) atoms. The number of halogens is 4. The first-order valence-corrected chi connectivity index (χ1v) is 13.4. The second-order valence-corrected chi connectivity index (χ2v) is 9.99. The Kier molecular flexibility index (Phi) is 8.20. The molecule has 0 radical (unpaired) electrons. The van der Waals surface area contributed by atoms with Gasteiger partial charge in [-0.15, -0.1) is 0 Å². The first-order chi connectivity index (χ1) is 20.5. The minimum atomic E-state index is -1.78. The van der Waals surface area contributed by atoms with Crippen LogP contribution < -0.4 is 5.32 Å². The van der Waals surface area contributed by atoms with E-state index in [0.29, 0.717) is 22.4 Å². The second kappa shape index (κ2) is 12.0. The number of nitrogens with one attached hydrogen (secondary N) is 1. The van der Waals surface area contributed by atoms with Gasteiger partial charge >= 0.3 is 5.97 Å². The van der Waals surface area contributed by atoms with Gasteiger partial charge in [-0.3, -0.25) is 4.79 Å². The number of rotatable bonds is 7. The highest BCUT2D eigenvalue weighted by Gasteiger charge is 2.27. The summed E-state index contributed by atoms with van der Waals surface area (Å²) in [5.41, 5.74) is 4.72. The van der Waals surface area contributed by atoms with Gasteiger partial charge in [-0.2, -0.15) is 0 Å². The molecule has 1 heterocycles. The Bertz CT molecular complexity index is 1830. The Morgan fingerprint density at radius 3 is 1.77 bits per heavy atom. The molecular formula is C33H25F4N3O3. The van der Waals surface area contributed by atoms with Gasteiger partial charge in [-0.05, 0) is 38.5 Å². The highest BCUT2D eigenvalue weighted by Crippen LogP contribution is 2.32. The number of fused-ring (bicyclic) bond motifs is 1. The molecule has 4 aromatic carbocycles. The van der Waals surface area contributed by atoms with E-state index in [1.807, 2.05) is 62.4 Å². The van der Waals surface area contributed by atoms with E-state index in [1.165, 1.54) is 19.1 Å². The van der Waals surface area contributed by atoms with Crippen molar-refractivity contribution in [1.82, 2.24) is 9.97 Å². The number of ether oxygens (including phenoxy) is 1. The van der Waals surface area contributed by atoms with Gasteiger partial charge in [0, 0.05) is 17.2 Å². The summed E-state index contributed by atoms with van der Waals surface area (Å²) in [4.78, 5) is 35.4. The average Bonchev–Trinajstić information content (AvgIpc) is 3.00. The topological polar surface area (TPSA) is 81.2 Å². The van der Waals surface area contributed by atoms with Gasteiger partial charge in [0.2, 0.25) is 0 Å². The lowest BCUT2D eigenvalue weighted by Gasteiger charge is -2.17. The molecule has 0 aliphatic rings. The zero-order valence-corrected chi connectivity index (χ0v) is 23.3. The number of aromatic nitrogens is 2. The molecule has 0 saturated heterocycles. The minimum absolute atomic E-state index is 0.0221. The van der Waals surface area contributed by atoms with E-state index in [-0.39, 0.29) is 18.1 Å². The largest absolute Gasteiger partial charge is 0.449 e. The van der Waals surface area contributed by atoms with Crippen molar-refractivity contribution in [3.8, 4) is 22.5 Å². The van der Waals surface area contributed by atoms with Crippen LogP contribution in [0.5, 0.6) is 0 Å². The average molecular weight is 588 g/mol. The van der Waals surface area contributed by atoms with Gasteiger partial charge in [0.1, 0.15) is 5.69 Å². The molecule has 1 atom stereocenters. The number of amides is 1. The SMILES string of the molecule is CCC(OC(=O)c1ccc2nc(-c3ccc(C)cc3)c(-c3ccc(C)cc3)nc2c1)C(=O)Nc1c(F)c(F)cc(F)c1F. The number of anilines is 1. The predicted molar refractivity (Wildman–Crippen MR) is 154 cm³/mol. The number of hydrogen-bond donors (Lipinski definition) is 1. The highest BCUT2D eigenvalue weighted by molar-refractivity contribution is 5.99. The van der Waals surface area contributed by atoms with Crippen molar-refractivity contribution < 1.29 is 31.9 Å². The molecule has 5 aromatic rings. The molecule has 1 amide bonds. The Morgan fingerprint density at radius 2 is 1.26 bits per heavy atom. The number of benzene rings is 4. The fourth-order valence-corrected chi connectivity index (χ4v) is 4.41. The van der Waals surface area contributed by atoms with Gasteiger partial charge in [0.05, 0.1) is 28.0 Å². The maximum Gasteiger partial charge on any atom is 0.338 e. The van der Waals surface area contributed by atoms with Crippen molar-refractivity contribution in [2.45, 2.75) is 33.3 Å². The van der Waals surface area contributed by atoms with Crippen LogP contribution in [0.15, 0.2) is 72.8 Å². The highest BCUT2D eigenvalue weighted by atomic mass is 19.2. The molecule has 1 aromatic heterocycles. The third kappa shape index (κ3) is 6.08. The fraction of sp³-hybridized carbons (Fsp3) is 0.152. The molecule has 218 valence electrons. The van der Waals surface area contributed by atoms with Crippen LogP contribution in [0.1, 0.15) is 34.8 Å². The Morgan fingerprint density at radius 1 is 0.744 bits per heavy atom. The van der Waals surface area contributed by atoms with Crippen molar-refractivity contribution in [2.24, 2.45) is 0 Å².